The summed E-state index contributed by atoms with van der Waals surface area (Å²) in [6.45, 7) is 2.30. The average molecular weight is 422 g/mol. The number of benzene rings is 1. The van der Waals surface area contributed by atoms with Crippen molar-refractivity contribution < 1.29 is 19.4 Å². The maximum atomic E-state index is 12.5. The monoisotopic (exact) mass is 421 g/mol. The maximum absolute atomic E-state index is 12.5. The zero-order chi connectivity index (χ0) is 20.3. The largest absolute Gasteiger partial charge is 0.483 e. The minimum Gasteiger partial charge on any atom is -0.483 e. The molecule has 0 radical (unpaired) electrons. The van der Waals surface area contributed by atoms with Crippen LogP contribution in [0.3, 0.4) is 0 Å². The Kier molecular flexibility index (Phi) is 6.22. The average Bonchev–Trinajstić information content (AvgIpc) is 3.44. The van der Waals surface area contributed by atoms with E-state index in [0.717, 1.165) is 34.6 Å². The summed E-state index contributed by atoms with van der Waals surface area (Å²) in [5.74, 6) is 0.259. The third-order valence-corrected chi connectivity index (χ3v) is 6.19. The first-order valence-corrected chi connectivity index (χ1v) is 9.91. The highest BCUT2D eigenvalue weighted by molar-refractivity contribution is 7.99. The van der Waals surface area contributed by atoms with Gasteiger partial charge in [-0.15, -0.1) is 11.8 Å². The molecule has 0 bridgehead atoms. The van der Waals surface area contributed by atoms with Crippen molar-refractivity contribution in [3.8, 4) is 11.3 Å². The minimum absolute atomic E-state index is 0.0705. The summed E-state index contributed by atoms with van der Waals surface area (Å²) in [4.78, 5) is 31.0. The van der Waals surface area contributed by atoms with Crippen molar-refractivity contribution in [3.05, 3.63) is 35.0 Å². The Labute approximate surface area is 171 Å². The number of methoxy groups -OCH3 is 1. The Morgan fingerprint density at radius 3 is 2.86 bits per heavy atom. The van der Waals surface area contributed by atoms with Crippen LogP contribution in [0, 0.1) is 5.41 Å². The van der Waals surface area contributed by atoms with Crippen molar-refractivity contribution in [3.63, 3.8) is 0 Å². The van der Waals surface area contributed by atoms with E-state index in [-0.39, 0.29) is 17.6 Å². The molecule has 1 aromatic heterocycles. The number of carbonyl (C=O) groups is 2. The van der Waals surface area contributed by atoms with Crippen LogP contribution in [0.5, 0.6) is 0 Å². The van der Waals surface area contributed by atoms with Gasteiger partial charge in [0.25, 0.3) is 6.47 Å². The van der Waals surface area contributed by atoms with Crippen molar-refractivity contribution in [1.29, 1.82) is 0 Å². The lowest BCUT2D eigenvalue weighted by molar-refractivity contribution is -0.123. The molecule has 1 aromatic carbocycles. The molecule has 28 heavy (non-hydrogen) atoms. The van der Waals surface area contributed by atoms with Gasteiger partial charge >= 0.3 is 0 Å². The number of nitrogens with one attached hydrogen (secondary N) is 1. The summed E-state index contributed by atoms with van der Waals surface area (Å²) >= 11 is 7.93. The standard InChI is InChI=1S/C18H18ClN3O2S.CH2O2/c1-10-13-8-20-17(22-16(23)18(5-6-18)9-24-2)21-15(13)12-7-11(19)3-4-14(12)25-10;2-1-3/h3-4,7-8,10H,5-6,9H2,1-2H3,(H,20,21,22,23);1H,(H,2,3). The van der Waals surface area contributed by atoms with E-state index in [1.54, 1.807) is 25.1 Å². The molecule has 1 atom stereocenters. The molecule has 9 heteroatoms. The SMILES string of the molecule is COCC1(C(=O)Nc2ncc3c(n2)-c2cc(Cl)ccc2SC3C)CC1.O=CO. The van der Waals surface area contributed by atoms with E-state index >= 15 is 0 Å². The van der Waals surface area contributed by atoms with Crippen molar-refractivity contribution in [2.75, 3.05) is 19.0 Å². The van der Waals surface area contributed by atoms with E-state index in [1.165, 1.54) is 0 Å². The molecule has 1 fully saturated rings. The van der Waals surface area contributed by atoms with Gasteiger partial charge in [-0.05, 0) is 38.0 Å². The fraction of sp³-hybridized carbons (Fsp3) is 0.368. The molecular weight excluding hydrogens is 402 g/mol. The lowest BCUT2D eigenvalue weighted by Crippen LogP contribution is -2.29. The Bertz CT molecular complexity index is 905. The number of rotatable bonds is 4. The Balaban J connectivity index is 0.000000706. The van der Waals surface area contributed by atoms with Crippen molar-refractivity contribution in [1.82, 2.24) is 9.97 Å². The fourth-order valence-corrected chi connectivity index (χ4v) is 4.39. The number of ether oxygens (including phenoxy) is 1. The highest BCUT2D eigenvalue weighted by atomic mass is 35.5. The molecule has 2 heterocycles. The van der Waals surface area contributed by atoms with Crippen molar-refractivity contribution in [2.24, 2.45) is 5.41 Å². The van der Waals surface area contributed by atoms with Gasteiger partial charge in [0.2, 0.25) is 11.9 Å². The van der Waals surface area contributed by atoms with E-state index in [2.05, 4.69) is 22.2 Å². The van der Waals surface area contributed by atoms with Crippen molar-refractivity contribution in [2.45, 2.75) is 29.9 Å². The van der Waals surface area contributed by atoms with Crippen LogP contribution in [0.15, 0.2) is 29.3 Å². The summed E-state index contributed by atoms with van der Waals surface area (Å²) in [6.07, 6.45) is 3.48. The number of hydrogen-bond donors (Lipinski definition) is 2. The molecule has 1 amide bonds. The summed E-state index contributed by atoms with van der Waals surface area (Å²) in [5, 5.41) is 10.7. The molecule has 148 valence electrons. The van der Waals surface area contributed by atoms with Crippen LogP contribution in [0.2, 0.25) is 5.02 Å². The molecule has 2 aromatic rings. The third-order valence-electron chi connectivity index (χ3n) is 4.74. The highest BCUT2D eigenvalue weighted by Gasteiger charge is 2.50. The number of carbonyl (C=O) groups excluding carboxylic acids is 1. The number of aromatic nitrogens is 2. The first-order valence-electron chi connectivity index (χ1n) is 8.66. The Morgan fingerprint density at radius 2 is 2.21 bits per heavy atom. The molecule has 1 unspecified atom stereocenters. The van der Waals surface area contributed by atoms with Gasteiger partial charge in [0.15, 0.2) is 0 Å². The van der Waals surface area contributed by atoms with Gasteiger partial charge in [0.1, 0.15) is 0 Å². The van der Waals surface area contributed by atoms with Crippen LogP contribution in [-0.4, -0.2) is 41.2 Å². The van der Waals surface area contributed by atoms with E-state index in [1.807, 2.05) is 18.2 Å². The zero-order valence-corrected chi connectivity index (χ0v) is 17.0. The Hall–Kier alpha value is -2.16. The number of fused-ring (bicyclic) bond motifs is 3. The zero-order valence-electron chi connectivity index (χ0n) is 15.4. The van der Waals surface area contributed by atoms with Gasteiger partial charge in [-0.25, -0.2) is 9.97 Å². The lowest BCUT2D eigenvalue weighted by atomic mass is 10.0. The predicted octanol–water partition coefficient (Wildman–Crippen LogP) is 4.03. The molecule has 2 aliphatic rings. The predicted molar refractivity (Wildman–Crippen MR) is 108 cm³/mol. The Morgan fingerprint density at radius 1 is 1.50 bits per heavy atom. The third kappa shape index (κ3) is 4.14. The number of nitrogens with zero attached hydrogens (tertiary/aromatic N) is 2. The minimum atomic E-state index is -0.418. The van der Waals surface area contributed by atoms with Gasteiger partial charge in [-0.2, -0.15) is 0 Å². The molecule has 0 spiro atoms. The van der Waals surface area contributed by atoms with Crippen LogP contribution in [0.1, 0.15) is 30.6 Å². The topological polar surface area (TPSA) is 101 Å². The van der Waals surface area contributed by atoms with Gasteiger partial charge in [-0.3, -0.25) is 14.9 Å². The second kappa shape index (κ2) is 8.46. The molecule has 1 saturated carbocycles. The highest BCUT2D eigenvalue weighted by Crippen LogP contribution is 2.49. The molecule has 1 aliphatic carbocycles. The summed E-state index contributed by atoms with van der Waals surface area (Å²) in [6, 6.07) is 5.82. The number of anilines is 1. The van der Waals surface area contributed by atoms with Crippen LogP contribution < -0.4 is 5.32 Å². The van der Waals surface area contributed by atoms with Crippen LogP contribution >= 0.6 is 23.4 Å². The molecule has 1 aliphatic heterocycles. The summed E-state index contributed by atoms with van der Waals surface area (Å²) in [7, 11) is 1.61. The first kappa shape index (κ1) is 20.6. The fourth-order valence-electron chi connectivity index (χ4n) is 3.11. The maximum Gasteiger partial charge on any atom is 0.290 e. The smallest absolute Gasteiger partial charge is 0.290 e. The molecule has 4 rings (SSSR count). The van der Waals surface area contributed by atoms with Crippen LogP contribution in [0.4, 0.5) is 5.95 Å². The van der Waals surface area contributed by atoms with Gasteiger partial charge in [0, 0.05) is 39.6 Å². The molecule has 0 saturated heterocycles. The van der Waals surface area contributed by atoms with Crippen molar-refractivity contribution >= 4 is 41.7 Å². The first-order chi connectivity index (χ1) is 13.4. The number of hydrogen-bond acceptors (Lipinski definition) is 6. The summed E-state index contributed by atoms with van der Waals surface area (Å²) in [5.41, 5.74) is 2.46. The normalized spacial score (nSPS) is 18.0. The van der Waals surface area contributed by atoms with Gasteiger partial charge in [-0.1, -0.05) is 11.6 Å². The number of thioether (sulfide) groups is 1. The molecule has 7 nitrogen and oxygen atoms in total. The second-order valence-corrected chi connectivity index (χ2v) is 8.49. The van der Waals surface area contributed by atoms with E-state index < -0.39 is 5.41 Å². The van der Waals surface area contributed by atoms with E-state index in [0.29, 0.717) is 17.6 Å². The van der Waals surface area contributed by atoms with Gasteiger partial charge in [0.05, 0.1) is 17.7 Å². The van der Waals surface area contributed by atoms with Crippen LogP contribution in [-0.2, 0) is 14.3 Å². The molecular formula is C19H20ClN3O4S. The molecule has 2 N–H and O–H groups in total. The van der Waals surface area contributed by atoms with Crippen LogP contribution in [0.25, 0.3) is 11.3 Å². The lowest BCUT2D eigenvalue weighted by Gasteiger charge is -2.24. The number of amides is 1. The van der Waals surface area contributed by atoms with E-state index in [4.69, 9.17) is 26.2 Å². The number of halogens is 1. The second-order valence-electron chi connectivity index (χ2n) is 6.67. The number of carboxylic acid groups (broad SMARTS) is 1. The summed E-state index contributed by atoms with van der Waals surface area (Å²) < 4.78 is 5.17. The van der Waals surface area contributed by atoms with Gasteiger partial charge < -0.3 is 9.84 Å². The van der Waals surface area contributed by atoms with E-state index in [9.17, 15) is 4.79 Å². The quantitative estimate of drug-likeness (QED) is 0.718.